The molecule has 3 aromatic heterocycles. The fourth-order valence-corrected chi connectivity index (χ4v) is 4.86. The minimum absolute atomic E-state index is 0.120. The highest BCUT2D eigenvalue weighted by atomic mass is 35.5. The summed E-state index contributed by atoms with van der Waals surface area (Å²) in [5.41, 5.74) is 4.02. The summed E-state index contributed by atoms with van der Waals surface area (Å²) in [6.07, 6.45) is 4.19. The molecule has 9 heteroatoms. The normalized spacial score (nSPS) is 16.7. The smallest absolute Gasteiger partial charge is 0.274 e. The minimum atomic E-state index is -0.305. The van der Waals surface area contributed by atoms with E-state index in [4.69, 9.17) is 11.6 Å². The number of hydrogen-bond donors (Lipinski definition) is 0. The molecular formula is C27H25ClFN5O2. The average Bonchev–Trinajstić information content (AvgIpc) is 3.49. The van der Waals surface area contributed by atoms with Gasteiger partial charge in [-0.25, -0.2) is 14.1 Å². The Morgan fingerprint density at radius 2 is 1.83 bits per heavy atom. The maximum Gasteiger partial charge on any atom is 0.274 e. The monoisotopic (exact) mass is 505 g/mol. The van der Waals surface area contributed by atoms with E-state index >= 15 is 0 Å². The van der Waals surface area contributed by atoms with Gasteiger partial charge in [-0.1, -0.05) is 23.7 Å². The van der Waals surface area contributed by atoms with Gasteiger partial charge in [0.1, 0.15) is 10.8 Å². The summed E-state index contributed by atoms with van der Waals surface area (Å²) in [5.74, 6) is 0.323. The Kier molecular flexibility index (Phi) is 6.00. The van der Waals surface area contributed by atoms with E-state index < -0.39 is 0 Å². The maximum absolute atomic E-state index is 13.5. The fraction of sp³-hybridized carbons (Fsp3) is 0.259. The number of aryl methyl sites for hydroxylation is 2. The first-order valence-corrected chi connectivity index (χ1v) is 12.0. The number of carbonyl (C=O) groups is 1. The Hall–Kier alpha value is -3.78. The van der Waals surface area contributed by atoms with E-state index in [1.165, 1.54) is 21.7 Å². The molecule has 3 heterocycles. The van der Waals surface area contributed by atoms with Gasteiger partial charge in [0.25, 0.3) is 11.5 Å². The van der Waals surface area contributed by atoms with E-state index in [0.29, 0.717) is 17.2 Å². The average molecular weight is 506 g/mol. The lowest BCUT2D eigenvalue weighted by Crippen LogP contribution is -2.24. The van der Waals surface area contributed by atoms with Crippen LogP contribution in [0, 0.1) is 19.7 Å². The quantitative estimate of drug-likeness (QED) is 0.390. The summed E-state index contributed by atoms with van der Waals surface area (Å²) in [6, 6.07) is 11.8. The Bertz CT molecular complexity index is 1540. The number of rotatable bonds is 5. The van der Waals surface area contributed by atoms with Crippen LogP contribution in [0.5, 0.6) is 0 Å². The second-order valence-electron chi connectivity index (χ2n) is 9.37. The van der Waals surface area contributed by atoms with E-state index in [2.05, 4.69) is 10.1 Å². The number of pyridine rings is 2. The number of aromatic nitrogens is 4. The number of halogens is 2. The van der Waals surface area contributed by atoms with Crippen molar-refractivity contribution in [2.45, 2.75) is 32.1 Å². The Balaban J connectivity index is 1.50. The van der Waals surface area contributed by atoms with Crippen LogP contribution in [0.25, 0.3) is 11.5 Å². The van der Waals surface area contributed by atoms with Crippen molar-refractivity contribution in [3.63, 3.8) is 0 Å². The standard InChI is InChI=1S/C27H25ClFN5O2/c1-15-14-30-24(33-10-9-22(31-33)26(35)32(3)4)13-23(15)34-16(2)11-21(25(28)27(34)36)20-12-19(20)17-5-7-18(29)8-6-17/h5-11,13-14,19-20H,12H2,1-4H3/t19?,20-/m1/s1. The molecule has 2 atom stereocenters. The largest absolute Gasteiger partial charge is 0.343 e. The zero-order chi connectivity index (χ0) is 25.7. The van der Waals surface area contributed by atoms with Gasteiger partial charge < -0.3 is 4.90 Å². The first kappa shape index (κ1) is 23.9. The molecule has 1 aliphatic rings. The number of amides is 1. The van der Waals surface area contributed by atoms with E-state index in [-0.39, 0.29) is 34.1 Å². The number of nitrogens with zero attached hydrogens (tertiary/aromatic N) is 5. The molecule has 0 spiro atoms. The predicted octanol–water partition coefficient (Wildman–Crippen LogP) is 4.80. The van der Waals surface area contributed by atoms with Gasteiger partial charge in [-0.3, -0.25) is 14.2 Å². The third kappa shape index (κ3) is 4.22. The highest BCUT2D eigenvalue weighted by molar-refractivity contribution is 6.31. The summed E-state index contributed by atoms with van der Waals surface area (Å²) in [6.45, 7) is 3.74. The zero-order valence-electron chi connectivity index (χ0n) is 20.4. The Labute approximate surface area is 212 Å². The van der Waals surface area contributed by atoms with Crippen LogP contribution in [0.1, 0.15) is 51.1 Å². The van der Waals surface area contributed by atoms with E-state index in [1.807, 2.05) is 19.9 Å². The van der Waals surface area contributed by atoms with Crippen LogP contribution < -0.4 is 5.56 Å². The number of carbonyl (C=O) groups excluding carboxylic acids is 1. The lowest BCUT2D eigenvalue weighted by atomic mass is 10.0. The summed E-state index contributed by atoms with van der Waals surface area (Å²) >= 11 is 6.64. The lowest BCUT2D eigenvalue weighted by molar-refractivity contribution is 0.0821. The molecule has 0 bridgehead atoms. The molecule has 1 aromatic carbocycles. The molecule has 5 rings (SSSR count). The lowest BCUT2D eigenvalue weighted by Gasteiger charge is -2.16. The van der Waals surface area contributed by atoms with Crippen molar-refractivity contribution in [2.24, 2.45) is 0 Å². The summed E-state index contributed by atoms with van der Waals surface area (Å²) in [4.78, 5) is 31.6. The SMILES string of the molecule is Cc1cnc(-n2ccc(C(=O)N(C)C)n2)cc1-n1c(C)cc([C@@H]2CC2c2ccc(F)cc2)c(Cl)c1=O. The van der Waals surface area contributed by atoms with Gasteiger partial charge in [0.2, 0.25) is 0 Å². The van der Waals surface area contributed by atoms with Crippen LogP contribution in [-0.4, -0.2) is 44.2 Å². The molecule has 0 radical (unpaired) electrons. The van der Waals surface area contributed by atoms with Gasteiger partial charge in [0.05, 0.1) is 5.69 Å². The predicted molar refractivity (Wildman–Crippen MR) is 136 cm³/mol. The molecular weight excluding hydrogens is 481 g/mol. The third-order valence-electron chi connectivity index (χ3n) is 6.60. The van der Waals surface area contributed by atoms with E-state index in [0.717, 1.165) is 28.8 Å². The molecule has 0 aliphatic heterocycles. The van der Waals surface area contributed by atoms with Gasteiger partial charge in [-0.2, -0.15) is 5.10 Å². The molecule has 1 unspecified atom stereocenters. The summed E-state index contributed by atoms with van der Waals surface area (Å²) in [7, 11) is 3.32. The molecule has 0 saturated heterocycles. The third-order valence-corrected chi connectivity index (χ3v) is 6.98. The fourth-order valence-electron chi connectivity index (χ4n) is 4.58. The first-order chi connectivity index (χ1) is 17.2. The second-order valence-corrected chi connectivity index (χ2v) is 9.75. The summed E-state index contributed by atoms with van der Waals surface area (Å²) in [5, 5.41) is 4.53. The Morgan fingerprint density at radius 1 is 1.11 bits per heavy atom. The molecule has 184 valence electrons. The Morgan fingerprint density at radius 3 is 2.53 bits per heavy atom. The van der Waals surface area contributed by atoms with Crippen molar-refractivity contribution in [3.8, 4) is 11.5 Å². The van der Waals surface area contributed by atoms with Crippen LogP contribution in [0.15, 0.2) is 59.7 Å². The van der Waals surface area contributed by atoms with Crippen LogP contribution in [0.4, 0.5) is 4.39 Å². The number of benzene rings is 1. The highest BCUT2D eigenvalue weighted by Crippen LogP contribution is 2.55. The molecule has 1 amide bonds. The molecule has 0 N–H and O–H groups in total. The van der Waals surface area contributed by atoms with Gasteiger partial charge >= 0.3 is 0 Å². The van der Waals surface area contributed by atoms with Gasteiger partial charge in [0.15, 0.2) is 11.5 Å². The first-order valence-electron chi connectivity index (χ1n) is 11.6. The van der Waals surface area contributed by atoms with Crippen LogP contribution in [-0.2, 0) is 0 Å². The van der Waals surface area contributed by atoms with Crippen LogP contribution in [0.2, 0.25) is 5.02 Å². The van der Waals surface area contributed by atoms with Crippen molar-refractivity contribution in [1.82, 2.24) is 24.2 Å². The van der Waals surface area contributed by atoms with Crippen molar-refractivity contribution in [1.29, 1.82) is 0 Å². The molecule has 7 nitrogen and oxygen atoms in total. The van der Waals surface area contributed by atoms with E-state index in [1.54, 1.807) is 55.3 Å². The highest BCUT2D eigenvalue weighted by Gasteiger charge is 2.41. The molecule has 4 aromatic rings. The second kappa shape index (κ2) is 9.02. The maximum atomic E-state index is 13.5. The van der Waals surface area contributed by atoms with Crippen molar-refractivity contribution in [3.05, 3.63) is 104 Å². The van der Waals surface area contributed by atoms with E-state index in [9.17, 15) is 14.0 Å². The molecule has 1 fully saturated rings. The van der Waals surface area contributed by atoms with Crippen molar-refractivity contribution in [2.75, 3.05) is 14.1 Å². The molecule has 1 aliphatic carbocycles. The van der Waals surface area contributed by atoms with Crippen molar-refractivity contribution < 1.29 is 9.18 Å². The molecule has 1 saturated carbocycles. The zero-order valence-corrected chi connectivity index (χ0v) is 21.1. The topological polar surface area (TPSA) is 73.0 Å². The van der Waals surface area contributed by atoms with Crippen molar-refractivity contribution >= 4 is 17.5 Å². The minimum Gasteiger partial charge on any atom is -0.343 e. The number of hydrogen-bond acceptors (Lipinski definition) is 4. The molecule has 36 heavy (non-hydrogen) atoms. The van der Waals surface area contributed by atoms with Gasteiger partial charge in [0, 0.05) is 38.2 Å². The summed E-state index contributed by atoms with van der Waals surface area (Å²) < 4.78 is 16.4. The van der Waals surface area contributed by atoms with Crippen LogP contribution >= 0.6 is 11.6 Å². The van der Waals surface area contributed by atoms with Crippen LogP contribution in [0.3, 0.4) is 0 Å². The van der Waals surface area contributed by atoms with Gasteiger partial charge in [-0.05, 0) is 73.1 Å². The van der Waals surface area contributed by atoms with Gasteiger partial charge in [-0.15, -0.1) is 0 Å².